The van der Waals surface area contributed by atoms with Crippen LogP contribution in [0.15, 0.2) is 5.11 Å². The SMILES string of the molecule is CC(C)CCCC(C)[C@H]1CCC2C3CCC4C[C@@H](N=[N+]=[N-])CC[C@]4(C)C3CC[C@@]21C. The second-order valence-electron chi connectivity index (χ2n) is 12.8. The molecule has 0 aliphatic heterocycles. The van der Waals surface area contributed by atoms with Gasteiger partial charge in [-0.2, -0.15) is 0 Å². The molecule has 0 N–H and O–H groups in total. The molecule has 0 spiro atoms. The summed E-state index contributed by atoms with van der Waals surface area (Å²) in [5.41, 5.74) is 10.0. The van der Waals surface area contributed by atoms with Crippen LogP contribution in [0.4, 0.5) is 0 Å². The van der Waals surface area contributed by atoms with Gasteiger partial charge in [-0.3, -0.25) is 0 Å². The molecule has 4 rings (SSSR count). The molecular weight excluding hydrogens is 366 g/mol. The molecule has 0 aromatic heterocycles. The van der Waals surface area contributed by atoms with Gasteiger partial charge in [-0.1, -0.05) is 59.0 Å². The van der Waals surface area contributed by atoms with E-state index in [1.165, 1.54) is 64.2 Å². The Morgan fingerprint density at radius 1 is 0.900 bits per heavy atom. The first-order chi connectivity index (χ1) is 14.3. The monoisotopic (exact) mass is 413 g/mol. The zero-order chi connectivity index (χ0) is 21.5. The lowest BCUT2D eigenvalue weighted by atomic mass is 9.44. The van der Waals surface area contributed by atoms with Crippen LogP contribution in [0.2, 0.25) is 0 Å². The standard InChI is InChI=1S/C27H47N3/c1-18(2)7-6-8-19(3)23-11-12-24-22-10-9-20-17-21(29-30-28)13-15-26(20,4)25(22)14-16-27(23,24)5/h18-25H,6-17H2,1-5H3/t19?,20?,21-,22?,23+,24?,25?,26-,27+/m0/s1. The lowest BCUT2D eigenvalue weighted by molar-refractivity contribution is -0.116. The van der Waals surface area contributed by atoms with E-state index < -0.39 is 0 Å². The summed E-state index contributed by atoms with van der Waals surface area (Å²) in [4.78, 5) is 3.13. The molecular formula is C27H47N3. The normalized spacial score (nSPS) is 46.5. The van der Waals surface area contributed by atoms with Crippen LogP contribution in [0.1, 0.15) is 112 Å². The van der Waals surface area contributed by atoms with Gasteiger partial charge in [-0.25, -0.2) is 0 Å². The minimum absolute atomic E-state index is 0.265. The maximum Gasteiger partial charge on any atom is 0.0377 e. The highest BCUT2D eigenvalue weighted by Crippen LogP contribution is 2.68. The van der Waals surface area contributed by atoms with Crippen molar-refractivity contribution in [3.8, 4) is 0 Å². The van der Waals surface area contributed by atoms with Crippen LogP contribution >= 0.6 is 0 Å². The first kappa shape index (κ1) is 22.5. The van der Waals surface area contributed by atoms with Crippen molar-refractivity contribution in [2.75, 3.05) is 0 Å². The van der Waals surface area contributed by atoms with Crippen molar-refractivity contribution in [1.29, 1.82) is 0 Å². The molecule has 170 valence electrons. The first-order valence-corrected chi connectivity index (χ1v) is 13.3. The molecule has 0 radical (unpaired) electrons. The maximum atomic E-state index is 8.91. The Labute approximate surface area is 185 Å². The van der Waals surface area contributed by atoms with E-state index >= 15 is 0 Å². The van der Waals surface area contributed by atoms with E-state index in [0.29, 0.717) is 10.8 Å². The van der Waals surface area contributed by atoms with Gasteiger partial charge in [0.1, 0.15) is 0 Å². The van der Waals surface area contributed by atoms with Crippen LogP contribution in [-0.2, 0) is 0 Å². The van der Waals surface area contributed by atoms with E-state index in [2.05, 4.69) is 44.6 Å². The summed E-state index contributed by atoms with van der Waals surface area (Å²) in [6.45, 7) is 12.7. The summed E-state index contributed by atoms with van der Waals surface area (Å²) in [7, 11) is 0. The number of hydrogen-bond acceptors (Lipinski definition) is 1. The molecule has 3 nitrogen and oxygen atoms in total. The fraction of sp³-hybridized carbons (Fsp3) is 1.00. The molecule has 0 aromatic rings. The van der Waals surface area contributed by atoms with Crippen LogP contribution in [0.3, 0.4) is 0 Å². The van der Waals surface area contributed by atoms with Crippen molar-refractivity contribution in [2.45, 2.75) is 118 Å². The van der Waals surface area contributed by atoms with Gasteiger partial charge in [0.15, 0.2) is 0 Å². The van der Waals surface area contributed by atoms with E-state index in [9.17, 15) is 0 Å². The van der Waals surface area contributed by atoms with Gasteiger partial charge in [0.05, 0.1) is 0 Å². The number of hydrogen-bond donors (Lipinski definition) is 0. The van der Waals surface area contributed by atoms with Crippen molar-refractivity contribution < 1.29 is 0 Å². The Hall–Kier alpha value is -0.690. The van der Waals surface area contributed by atoms with Crippen LogP contribution in [-0.4, -0.2) is 6.04 Å². The van der Waals surface area contributed by atoms with E-state index in [0.717, 1.165) is 54.3 Å². The molecule has 3 heteroatoms. The summed E-state index contributed by atoms with van der Waals surface area (Å²) < 4.78 is 0. The van der Waals surface area contributed by atoms with Gasteiger partial charge in [-0.15, -0.1) is 0 Å². The second-order valence-corrected chi connectivity index (χ2v) is 12.8. The molecule has 4 saturated carbocycles. The van der Waals surface area contributed by atoms with Crippen molar-refractivity contribution in [1.82, 2.24) is 0 Å². The zero-order valence-electron chi connectivity index (χ0n) is 20.4. The van der Waals surface area contributed by atoms with Gasteiger partial charge < -0.3 is 0 Å². The smallest absolute Gasteiger partial charge is 0.0377 e. The fourth-order valence-electron chi connectivity index (χ4n) is 9.44. The van der Waals surface area contributed by atoms with Crippen molar-refractivity contribution in [2.24, 2.45) is 57.4 Å². The summed E-state index contributed by atoms with van der Waals surface area (Å²) in [5.74, 6) is 6.37. The zero-order valence-corrected chi connectivity index (χ0v) is 20.4. The predicted molar refractivity (Wildman–Crippen MR) is 126 cm³/mol. The molecule has 5 unspecified atom stereocenters. The highest BCUT2D eigenvalue weighted by molar-refractivity contribution is 5.10. The van der Waals surface area contributed by atoms with Gasteiger partial charge in [0, 0.05) is 11.0 Å². The molecule has 0 amide bonds. The Morgan fingerprint density at radius 3 is 2.37 bits per heavy atom. The minimum atomic E-state index is 0.265. The van der Waals surface area contributed by atoms with E-state index in [-0.39, 0.29) is 6.04 Å². The van der Waals surface area contributed by atoms with Crippen LogP contribution in [0.5, 0.6) is 0 Å². The van der Waals surface area contributed by atoms with Crippen LogP contribution in [0.25, 0.3) is 10.4 Å². The molecule has 0 aromatic carbocycles. The highest BCUT2D eigenvalue weighted by atomic mass is 15.1. The van der Waals surface area contributed by atoms with Crippen molar-refractivity contribution >= 4 is 0 Å². The summed E-state index contributed by atoms with van der Waals surface area (Å²) in [5, 5.41) is 4.12. The Morgan fingerprint density at radius 2 is 1.63 bits per heavy atom. The molecule has 9 atom stereocenters. The lowest BCUT2D eigenvalue weighted by Crippen LogP contribution is -2.54. The summed E-state index contributed by atoms with van der Waals surface area (Å²) in [6.07, 6.45) is 16.6. The number of azide groups is 1. The molecule has 0 bridgehead atoms. The van der Waals surface area contributed by atoms with Crippen molar-refractivity contribution in [3.63, 3.8) is 0 Å². The second kappa shape index (κ2) is 8.68. The third-order valence-electron chi connectivity index (χ3n) is 11.1. The number of rotatable bonds is 6. The molecule has 4 aliphatic carbocycles. The van der Waals surface area contributed by atoms with E-state index in [4.69, 9.17) is 5.53 Å². The first-order valence-electron chi connectivity index (χ1n) is 13.3. The van der Waals surface area contributed by atoms with Crippen molar-refractivity contribution in [3.05, 3.63) is 10.4 Å². The quantitative estimate of drug-likeness (QED) is 0.237. The van der Waals surface area contributed by atoms with E-state index in [1.807, 2.05) is 0 Å². The largest absolute Gasteiger partial charge is 0.0906 e. The van der Waals surface area contributed by atoms with Gasteiger partial charge in [0.2, 0.25) is 0 Å². The molecule has 0 saturated heterocycles. The lowest BCUT2D eigenvalue weighted by Gasteiger charge is -2.61. The highest BCUT2D eigenvalue weighted by Gasteiger charge is 2.60. The maximum absolute atomic E-state index is 8.91. The van der Waals surface area contributed by atoms with E-state index in [1.54, 1.807) is 0 Å². The van der Waals surface area contributed by atoms with Gasteiger partial charge >= 0.3 is 0 Å². The Bertz CT molecular complexity index is 652. The number of fused-ring (bicyclic) bond motifs is 5. The molecule has 30 heavy (non-hydrogen) atoms. The fourth-order valence-corrected chi connectivity index (χ4v) is 9.44. The number of nitrogens with zero attached hydrogens (tertiary/aromatic N) is 3. The molecule has 4 aliphatic rings. The predicted octanol–water partition coefficient (Wildman–Crippen LogP) is 8.79. The third kappa shape index (κ3) is 3.82. The Kier molecular flexibility index (Phi) is 6.51. The van der Waals surface area contributed by atoms with Crippen LogP contribution < -0.4 is 0 Å². The summed E-state index contributed by atoms with van der Waals surface area (Å²) >= 11 is 0. The molecule has 4 fully saturated rings. The molecule has 0 heterocycles. The summed E-state index contributed by atoms with van der Waals surface area (Å²) in [6, 6.07) is 0.265. The third-order valence-corrected chi connectivity index (χ3v) is 11.1. The minimum Gasteiger partial charge on any atom is -0.0906 e. The topological polar surface area (TPSA) is 48.8 Å². The average molecular weight is 414 g/mol. The Balaban J connectivity index is 1.45. The van der Waals surface area contributed by atoms with Gasteiger partial charge in [0.25, 0.3) is 0 Å². The average Bonchev–Trinajstić information content (AvgIpc) is 3.05. The van der Waals surface area contributed by atoms with Gasteiger partial charge in [-0.05, 0) is 116 Å². The van der Waals surface area contributed by atoms with Crippen LogP contribution in [0, 0.1) is 52.3 Å².